The van der Waals surface area contributed by atoms with E-state index >= 15 is 0 Å². The van der Waals surface area contributed by atoms with Crippen molar-refractivity contribution >= 4 is 22.8 Å². The standard InChI is InChI=1S/C15H16N6O2/c1-9(10-7-5-4-6-8-10)18-19-14-16-12-11(20(14)2)13(22)17-15(23)21(12)3/h4-8H,1-3H3,(H,16,19)(H,17,22,23)/b18-9+. The molecule has 0 saturated carbocycles. The number of anilines is 1. The van der Waals surface area contributed by atoms with Crippen LogP contribution in [0.5, 0.6) is 0 Å². The lowest BCUT2D eigenvalue weighted by molar-refractivity contribution is 0.829. The number of aryl methyl sites for hydroxylation is 2. The molecule has 3 aromatic rings. The summed E-state index contributed by atoms with van der Waals surface area (Å²) >= 11 is 0. The highest BCUT2D eigenvalue weighted by molar-refractivity contribution is 5.99. The van der Waals surface area contributed by atoms with Crippen LogP contribution in [0.15, 0.2) is 45.0 Å². The average Bonchev–Trinajstić information content (AvgIpc) is 2.88. The van der Waals surface area contributed by atoms with Gasteiger partial charge in [-0.25, -0.2) is 10.2 Å². The first kappa shape index (κ1) is 14.8. The van der Waals surface area contributed by atoms with Crippen molar-refractivity contribution < 1.29 is 0 Å². The molecule has 2 N–H and O–H groups in total. The van der Waals surface area contributed by atoms with Crippen molar-refractivity contribution in [3.05, 3.63) is 56.7 Å². The first-order valence-electron chi connectivity index (χ1n) is 7.00. The Morgan fingerprint density at radius 3 is 2.57 bits per heavy atom. The second-order valence-electron chi connectivity index (χ2n) is 5.16. The molecule has 0 atom stereocenters. The molecule has 2 heterocycles. The fourth-order valence-electron chi connectivity index (χ4n) is 2.29. The Morgan fingerprint density at radius 2 is 1.87 bits per heavy atom. The number of nitrogens with one attached hydrogen (secondary N) is 2. The first-order valence-corrected chi connectivity index (χ1v) is 7.00. The number of H-pyrrole nitrogens is 1. The Kier molecular flexibility index (Phi) is 3.57. The predicted octanol–water partition coefficient (Wildman–Crippen LogP) is 0.796. The summed E-state index contributed by atoms with van der Waals surface area (Å²) in [7, 11) is 3.24. The lowest BCUT2D eigenvalue weighted by Gasteiger charge is -2.03. The molecule has 0 fully saturated rings. The van der Waals surface area contributed by atoms with E-state index in [4.69, 9.17) is 0 Å². The van der Waals surface area contributed by atoms with Crippen LogP contribution in [-0.4, -0.2) is 24.8 Å². The van der Waals surface area contributed by atoms with Gasteiger partial charge in [0, 0.05) is 14.1 Å². The van der Waals surface area contributed by atoms with Crippen molar-refractivity contribution in [3.8, 4) is 0 Å². The average molecular weight is 312 g/mol. The first-order chi connectivity index (χ1) is 11.0. The highest BCUT2D eigenvalue weighted by atomic mass is 16.2. The van der Waals surface area contributed by atoms with Gasteiger partial charge in [0.25, 0.3) is 5.56 Å². The summed E-state index contributed by atoms with van der Waals surface area (Å²) in [5.74, 6) is 0.377. The van der Waals surface area contributed by atoms with Gasteiger partial charge in [-0.3, -0.25) is 14.3 Å². The summed E-state index contributed by atoms with van der Waals surface area (Å²) in [5, 5.41) is 4.29. The Bertz CT molecular complexity index is 1010. The molecule has 0 radical (unpaired) electrons. The van der Waals surface area contributed by atoms with E-state index in [1.807, 2.05) is 37.3 Å². The van der Waals surface area contributed by atoms with Crippen molar-refractivity contribution in [1.29, 1.82) is 0 Å². The summed E-state index contributed by atoms with van der Waals surface area (Å²) in [4.78, 5) is 30.1. The van der Waals surface area contributed by atoms with E-state index in [2.05, 4.69) is 20.5 Å². The van der Waals surface area contributed by atoms with E-state index in [9.17, 15) is 9.59 Å². The molecule has 0 aliphatic rings. The van der Waals surface area contributed by atoms with E-state index in [0.29, 0.717) is 17.1 Å². The van der Waals surface area contributed by atoms with Gasteiger partial charge >= 0.3 is 5.69 Å². The third-order valence-electron chi connectivity index (χ3n) is 3.65. The van der Waals surface area contributed by atoms with Crippen LogP contribution in [0.4, 0.5) is 5.95 Å². The van der Waals surface area contributed by atoms with Crippen LogP contribution in [-0.2, 0) is 14.1 Å². The maximum Gasteiger partial charge on any atom is 0.329 e. The number of fused-ring (bicyclic) bond motifs is 1. The Labute approximate surface area is 131 Å². The topological polar surface area (TPSA) is 97.1 Å². The summed E-state index contributed by atoms with van der Waals surface area (Å²) in [6.07, 6.45) is 0. The number of hydrazone groups is 1. The van der Waals surface area contributed by atoms with Crippen LogP contribution >= 0.6 is 0 Å². The minimum Gasteiger partial charge on any atom is -0.306 e. The van der Waals surface area contributed by atoms with E-state index in [1.54, 1.807) is 18.7 Å². The Balaban J connectivity index is 2.03. The quantitative estimate of drug-likeness (QED) is 0.552. The number of aromatic nitrogens is 4. The van der Waals surface area contributed by atoms with Crippen molar-refractivity contribution in [2.24, 2.45) is 19.2 Å². The molecule has 0 amide bonds. The van der Waals surface area contributed by atoms with Gasteiger partial charge in [0.05, 0.1) is 5.71 Å². The highest BCUT2D eigenvalue weighted by Gasteiger charge is 2.14. The van der Waals surface area contributed by atoms with Crippen molar-refractivity contribution in [2.75, 3.05) is 5.43 Å². The zero-order chi connectivity index (χ0) is 16.6. The number of nitrogens with zero attached hydrogens (tertiary/aromatic N) is 4. The molecular formula is C15H16N6O2. The second kappa shape index (κ2) is 5.56. The minimum absolute atomic E-state index is 0.302. The maximum absolute atomic E-state index is 12.0. The minimum atomic E-state index is -0.504. The highest BCUT2D eigenvalue weighted by Crippen LogP contribution is 2.13. The number of hydrogen-bond donors (Lipinski definition) is 2. The number of hydrogen-bond acceptors (Lipinski definition) is 5. The molecule has 0 aliphatic carbocycles. The third kappa shape index (κ3) is 2.54. The summed E-state index contributed by atoms with van der Waals surface area (Å²) in [5.41, 5.74) is 4.23. The van der Waals surface area contributed by atoms with Gasteiger partial charge < -0.3 is 4.57 Å². The predicted molar refractivity (Wildman–Crippen MR) is 88.9 cm³/mol. The lowest BCUT2D eigenvalue weighted by atomic mass is 10.1. The van der Waals surface area contributed by atoms with Crippen LogP contribution < -0.4 is 16.7 Å². The van der Waals surface area contributed by atoms with Crippen LogP contribution in [0.25, 0.3) is 11.2 Å². The van der Waals surface area contributed by atoms with Crippen molar-refractivity contribution in [2.45, 2.75) is 6.92 Å². The van der Waals surface area contributed by atoms with E-state index < -0.39 is 11.2 Å². The monoisotopic (exact) mass is 312 g/mol. The van der Waals surface area contributed by atoms with Crippen LogP contribution in [0.1, 0.15) is 12.5 Å². The van der Waals surface area contributed by atoms with Crippen LogP contribution in [0.3, 0.4) is 0 Å². The van der Waals surface area contributed by atoms with Gasteiger partial charge in [0.15, 0.2) is 11.2 Å². The Morgan fingerprint density at radius 1 is 1.17 bits per heavy atom. The molecule has 2 aromatic heterocycles. The molecule has 8 nitrogen and oxygen atoms in total. The molecule has 0 spiro atoms. The molecule has 0 saturated heterocycles. The number of benzene rings is 1. The van der Waals surface area contributed by atoms with Gasteiger partial charge in [-0.2, -0.15) is 10.1 Å². The summed E-state index contributed by atoms with van der Waals surface area (Å²) in [6.45, 7) is 1.87. The second-order valence-corrected chi connectivity index (χ2v) is 5.16. The van der Waals surface area contributed by atoms with Gasteiger partial charge in [-0.1, -0.05) is 30.3 Å². The SMILES string of the molecule is C/C(=N\Nc1nc2c(c(=O)[nH]c(=O)n2C)n1C)c1ccccc1. The van der Waals surface area contributed by atoms with Gasteiger partial charge in [-0.05, 0) is 12.5 Å². The van der Waals surface area contributed by atoms with E-state index in [-0.39, 0.29) is 0 Å². The number of rotatable bonds is 3. The Hall–Kier alpha value is -3.16. The fraction of sp³-hybridized carbons (Fsp3) is 0.200. The molecule has 1 aromatic carbocycles. The van der Waals surface area contributed by atoms with E-state index in [1.165, 1.54) is 4.57 Å². The summed E-state index contributed by atoms with van der Waals surface area (Å²) < 4.78 is 2.85. The molecular weight excluding hydrogens is 296 g/mol. The van der Waals surface area contributed by atoms with Crippen LogP contribution in [0.2, 0.25) is 0 Å². The molecule has 3 rings (SSSR count). The molecule has 23 heavy (non-hydrogen) atoms. The van der Waals surface area contributed by atoms with Crippen molar-refractivity contribution in [1.82, 2.24) is 19.1 Å². The summed E-state index contributed by atoms with van der Waals surface area (Å²) in [6, 6.07) is 9.69. The van der Waals surface area contributed by atoms with Gasteiger partial charge in [-0.15, -0.1) is 0 Å². The molecule has 0 unspecified atom stereocenters. The lowest BCUT2D eigenvalue weighted by Crippen LogP contribution is -2.29. The molecule has 0 aliphatic heterocycles. The third-order valence-corrected chi connectivity index (χ3v) is 3.65. The smallest absolute Gasteiger partial charge is 0.306 e. The van der Waals surface area contributed by atoms with E-state index in [0.717, 1.165) is 11.3 Å². The number of imidazole rings is 1. The van der Waals surface area contributed by atoms with Crippen molar-refractivity contribution in [3.63, 3.8) is 0 Å². The molecule has 8 heteroatoms. The maximum atomic E-state index is 12.0. The zero-order valence-corrected chi connectivity index (χ0v) is 13.0. The molecule has 118 valence electrons. The molecule has 0 bridgehead atoms. The fourth-order valence-corrected chi connectivity index (χ4v) is 2.29. The zero-order valence-electron chi connectivity index (χ0n) is 13.0. The normalized spacial score (nSPS) is 11.9. The van der Waals surface area contributed by atoms with Gasteiger partial charge in [0.1, 0.15) is 0 Å². The van der Waals surface area contributed by atoms with Crippen LogP contribution in [0, 0.1) is 0 Å². The number of aromatic amines is 1. The largest absolute Gasteiger partial charge is 0.329 e. The van der Waals surface area contributed by atoms with Gasteiger partial charge in [0.2, 0.25) is 5.95 Å².